The van der Waals surface area contributed by atoms with Crippen LogP contribution in [-0.2, 0) is 9.59 Å². The van der Waals surface area contributed by atoms with Gasteiger partial charge in [-0.1, -0.05) is 13.8 Å². The molecule has 3 heteroatoms. The van der Waals surface area contributed by atoms with Crippen molar-refractivity contribution in [3.8, 4) is 0 Å². The summed E-state index contributed by atoms with van der Waals surface area (Å²) in [6, 6.07) is 0. The van der Waals surface area contributed by atoms with Gasteiger partial charge in [0.1, 0.15) is 0 Å². The smallest absolute Gasteiger partial charge is 0.227 e. The van der Waals surface area contributed by atoms with Gasteiger partial charge in [0.2, 0.25) is 11.8 Å². The van der Waals surface area contributed by atoms with Crippen LogP contribution >= 0.6 is 0 Å². The second-order valence-electron chi connectivity index (χ2n) is 5.24. The van der Waals surface area contributed by atoms with E-state index in [2.05, 4.69) is 19.2 Å². The Balaban J connectivity index is 1.99. The van der Waals surface area contributed by atoms with Gasteiger partial charge >= 0.3 is 0 Å². The lowest BCUT2D eigenvalue weighted by Crippen LogP contribution is -2.51. The topological polar surface area (TPSA) is 46.2 Å². The van der Waals surface area contributed by atoms with Gasteiger partial charge in [0.05, 0.1) is 0 Å². The molecule has 0 aromatic rings. The summed E-state index contributed by atoms with van der Waals surface area (Å²) in [6.45, 7) is 4.42. The lowest BCUT2D eigenvalue weighted by Gasteiger charge is -2.50. The Morgan fingerprint density at radius 1 is 1.21 bits per heavy atom. The number of imide groups is 1. The number of amides is 2. The van der Waals surface area contributed by atoms with Crippen LogP contribution in [0.2, 0.25) is 0 Å². The lowest BCUT2D eigenvalue weighted by molar-refractivity contribution is -0.143. The Labute approximate surface area is 84.2 Å². The molecule has 1 aliphatic heterocycles. The highest BCUT2D eigenvalue weighted by Crippen LogP contribution is 2.54. The molecule has 1 spiro atoms. The van der Waals surface area contributed by atoms with E-state index in [-0.39, 0.29) is 17.2 Å². The van der Waals surface area contributed by atoms with E-state index in [1.165, 1.54) is 0 Å². The van der Waals surface area contributed by atoms with Gasteiger partial charge < -0.3 is 0 Å². The minimum atomic E-state index is -0.0801. The highest BCUT2D eigenvalue weighted by atomic mass is 16.2. The van der Waals surface area contributed by atoms with Gasteiger partial charge in [-0.05, 0) is 30.1 Å². The van der Waals surface area contributed by atoms with Gasteiger partial charge in [-0.2, -0.15) is 0 Å². The molecule has 0 aromatic heterocycles. The number of hydrogen-bond donors (Lipinski definition) is 1. The highest BCUT2D eigenvalue weighted by Gasteiger charge is 2.49. The van der Waals surface area contributed by atoms with Crippen LogP contribution in [0.25, 0.3) is 0 Å². The van der Waals surface area contributed by atoms with Gasteiger partial charge in [0.15, 0.2) is 0 Å². The van der Waals surface area contributed by atoms with Crippen molar-refractivity contribution in [1.82, 2.24) is 5.32 Å². The zero-order valence-electron chi connectivity index (χ0n) is 8.80. The molecule has 2 amide bonds. The molecular formula is C11H17NO2. The number of carbonyl (C=O) groups excluding carboxylic acids is 2. The molecule has 0 radical (unpaired) electrons. The van der Waals surface area contributed by atoms with E-state index in [1.54, 1.807) is 0 Å². The molecule has 78 valence electrons. The van der Waals surface area contributed by atoms with Crippen molar-refractivity contribution in [3.63, 3.8) is 0 Å². The van der Waals surface area contributed by atoms with E-state index in [0.717, 1.165) is 12.8 Å². The second kappa shape index (κ2) is 3.07. The van der Waals surface area contributed by atoms with E-state index >= 15 is 0 Å². The van der Waals surface area contributed by atoms with Gasteiger partial charge in [0.25, 0.3) is 0 Å². The van der Waals surface area contributed by atoms with Crippen LogP contribution in [-0.4, -0.2) is 11.8 Å². The fourth-order valence-electron chi connectivity index (χ4n) is 2.80. The first kappa shape index (κ1) is 9.69. The standard InChI is InChI=1S/C11H17NO2/c1-7(2)8-3-11(4-8)5-9(13)12-10(14)6-11/h7-8H,3-6H2,1-2H3,(H,12,13,14). The molecule has 1 saturated carbocycles. The summed E-state index contributed by atoms with van der Waals surface area (Å²) in [7, 11) is 0. The minimum Gasteiger partial charge on any atom is -0.296 e. The summed E-state index contributed by atoms with van der Waals surface area (Å²) in [4.78, 5) is 22.5. The number of rotatable bonds is 1. The van der Waals surface area contributed by atoms with Gasteiger partial charge in [-0.15, -0.1) is 0 Å². The fraction of sp³-hybridized carbons (Fsp3) is 0.818. The maximum atomic E-state index is 11.2. The van der Waals surface area contributed by atoms with E-state index < -0.39 is 0 Å². The summed E-state index contributed by atoms with van der Waals surface area (Å²) in [5.41, 5.74) is 0.0361. The third-order valence-corrected chi connectivity index (χ3v) is 3.68. The van der Waals surface area contributed by atoms with Crippen molar-refractivity contribution < 1.29 is 9.59 Å². The molecule has 14 heavy (non-hydrogen) atoms. The molecule has 3 nitrogen and oxygen atoms in total. The Bertz CT molecular complexity index is 259. The lowest BCUT2D eigenvalue weighted by atomic mass is 9.55. The van der Waals surface area contributed by atoms with E-state index in [4.69, 9.17) is 0 Å². The minimum absolute atomic E-state index is 0.0361. The summed E-state index contributed by atoms with van der Waals surface area (Å²) in [5, 5.41) is 2.37. The quantitative estimate of drug-likeness (QED) is 0.644. The van der Waals surface area contributed by atoms with Crippen molar-refractivity contribution >= 4 is 11.8 Å². The predicted octanol–water partition coefficient (Wildman–Crippen LogP) is 1.48. The molecule has 0 unspecified atom stereocenters. The molecule has 1 N–H and O–H groups in total. The van der Waals surface area contributed by atoms with Gasteiger partial charge in [0, 0.05) is 12.8 Å². The van der Waals surface area contributed by atoms with Crippen LogP contribution < -0.4 is 5.32 Å². The fourth-order valence-corrected chi connectivity index (χ4v) is 2.80. The summed E-state index contributed by atoms with van der Waals surface area (Å²) < 4.78 is 0. The van der Waals surface area contributed by atoms with Crippen molar-refractivity contribution in [2.24, 2.45) is 17.3 Å². The molecule has 2 rings (SSSR count). The molecule has 1 heterocycles. The molecule has 0 atom stereocenters. The van der Waals surface area contributed by atoms with Crippen LogP contribution in [0.1, 0.15) is 39.5 Å². The Morgan fingerprint density at radius 2 is 1.71 bits per heavy atom. The van der Waals surface area contributed by atoms with E-state index in [0.29, 0.717) is 24.7 Å². The van der Waals surface area contributed by atoms with E-state index in [9.17, 15) is 9.59 Å². The third-order valence-electron chi connectivity index (χ3n) is 3.68. The van der Waals surface area contributed by atoms with Gasteiger partial charge in [-0.25, -0.2) is 0 Å². The average molecular weight is 195 g/mol. The highest BCUT2D eigenvalue weighted by molar-refractivity contribution is 5.98. The number of carbonyl (C=O) groups is 2. The third kappa shape index (κ3) is 1.56. The van der Waals surface area contributed by atoms with Crippen molar-refractivity contribution in [2.45, 2.75) is 39.5 Å². The number of piperidine rings is 1. The van der Waals surface area contributed by atoms with Crippen LogP contribution in [0, 0.1) is 17.3 Å². The van der Waals surface area contributed by atoms with Crippen molar-refractivity contribution in [1.29, 1.82) is 0 Å². The van der Waals surface area contributed by atoms with Crippen LogP contribution in [0.3, 0.4) is 0 Å². The first-order valence-corrected chi connectivity index (χ1v) is 5.33. The molecule has 0 aromatic carbocycles. The van der Waals surface area contributed by atoms with Crippen LogP contribution in [0.4, 0.5) is 0 Å². The van der Waals surface area contributed by atoms with Crippen molar-refractivity contribution in [2.75, 3.05) is 0 Å². The van der Waals surface area contributed by atoms with Crippen LogP contribution in [0.15, 0.2) is 0 Å². The normalized spacial score (nSPS) is 26.5. The van der Waals surface area contributed by atoms with Crippen molar-refractivity contribution in [3.05, 3.63) is 0 Å². The Hall–Kier alpha value is -0.860. The Kier molecular flexibility index (Phi) is 2.13. The molecule has 2 fully saturated rings. The largest absolute Gasteiger partial charge is 0.296 e. The first-order chi connectivity index (χ1) is 6.51. The predicted molar refractivity (Wildman–Crippen MR) is 52.4 cm³/mol. The first-order valence-electron chi connectivity index (χ1n) is 5.33. The maximum Gasteiger partial charge on any atom is 0.227 e. The maximum absolute atomic E-state index is 11.2. The zero-order chi connectivity index (χ0) is 10.3. The summed E-state index contributed by atoms with van der Waals surface area (Å²) in [5.74, 6) is 1.24. The number of nitrogens with one attached hydrogen (secondary N) is 1. The molecule has 2 aliphatic rings. The zero-order valence-corrected chi connectivity index (χ0v) is 8.80. The van der Waals surface area contributed by atoms with Crippen LogP contribution in [0.5, 0.6) is 0 Å². The SMILES string of the molecule is CC(C)C1CC2(CC(=O)NC(=O)C2)C1. The number of hydrogen-bond acceptors (Lipinski definition) is 2. The Morgan fingerprint density at radius 3 is 2.14 bits per heavy atom. The van der Waals surface area contributed by atoms with Gasteiger partial charge in [-0.3, -0.25) is 14.9 Å². The summed E-state index contributed by atoms with van der Waals surface area (Å²) >= 11 is 0. The summed E-state index contributed by atoms with van der Waals surface area (Å²) in [6.07, 6.45) is 3.23. The second-order valence-corrected chi connectivity index (χ2v) is 5.24. The molecule has 1 saturated heterocycles. The monoisotopic (exact) mass is 195 g/mol. The average Bonchev–Trinajstić information content (AvgIpc) is 1.97. The molecule has 0 bridgehead atoms. The molecule has 1 aliphatic carbocycles. The molecular weight excluding hydrogens is 178 g/mol. The van der Waals surface area contributed by atoms with E-state index in [1.807, 2.05) is 0 Å².